The predicted molar refractivity (Wildman–Crippen MR) is 165 cm³/mol. The number of carbonyl (C=O) groups excluding carboxylic acids is 2. The van der Waals surface area contributed by atoms with Crippen LogP contribution in [0.5, 0.6) is 0 Å². The van der Waals surface area contributed by atoms with E-state index in [0.29, 0.717) is 28.8 Å². The van der Waals surface area contributed by atoms with Gasteiger partial charge in [0.05, 0.1) is 16.5 Å². The number of aromatic nitrogens is 3. The molecule has 0 spiro atoms. The zero-order valence-corrected chi connectivity index (χ0v) is 24.8. The number of H-pyrrole nitrogens is 1. The van der Waals surface area contributed by atoms with Crippen molar-refractivity contribution in [1.82, 2.24) is 15.0 Å². The molecule has 2 aromatic heterocycles. The van der Waals surface area contributed by atoms with Gasteiger partial charge in [-0.05, 0) is 124 Å². The number of imidazole rings is 1. The van der Waals surface area contributed by atoms with E-state index in [2.05, 4.69) is 27.5 Å². The van der Waals surface area contributed by atoms with E-state index in [1.54, 1.807) is 6.20 Å². The summed E-state index contributed by atoms with van der Waals surface area (Å²) in [6.45, 7) is 2.27. The zero-order chi connectivity index (χ0) is 28.5. The number of pyridine rings is 1. The van der Waals surface area contributed by atoms with Crippen LogP contribution in [0.4, 0.5) is 11.4 Å². The van der Waals surface area contributed by atoms with E-state index in [0.717, 1.165) is 73.2 Å². The van der Waals surface area contributed by atoms with E-state index in [-0.39, 0.29) is 22.6 Å². The summed E-state index contributed by atoms with van der Waals surface area (Å²) in [7, 11) is 0. The third kappa shape index (κ3) is 4.46. The van der Waals surface area contributed by atoms with Crippen molar-refractivity contribution in [3.05, 3.63) is 36.5 Å². The second-order valence-corrected chi connectivity index (χ2v) is 14.8. The lowest BCUT2D eigenvalue weighted by Crippen LogP contribution is -2.51. The van der Waals surface area contributed by atoms with Crippen LogP contribution < -0.4 is 10.6 Å². The smallest absolute Gasteiger partial charge is 0.230 e. The predicted octanol–water partition coefficient (Wildman–Crippen LogP) is 7.71. The van der Waals surface area contributed by atoms with Gasteiger partial charge in [-0.15, -0.1) is 0 Å². The van der Waals surface area contributed by atoms with Gasteiger partial charge in [-0.25, -0.2) is 9.97 Å². The summed E-state index contributed by atoms with van der Waals surface area (Å²) in [5.41, 5.74) is 3.42. The minimum absolute atomic E-state index is 0.172. The van der Waals surface area contributed by atoms with E-state index >= 15 is 0 Å². The fraction of sp³-hybridized carbons (Fsp3) is 0.600. The summed E-state index contributed by atoms with van der Waals surface area (Å²) in [5.74, 6) is 4.61. The molecule has 0 saturated heterocycles. The van der Waals surface area contributed by atoms with E-state index in [1.165, 1.54) is 44.9 Å². The molecular formula is C35H43N5O2. The Labute approximate surface area is 248 Å². The average molecular weight is 566 g/mol. The highest BCUT2D eigenvalue weighted by molar-refractivity contribution is 6.02. The molecule has 2 amide bonds. The molecule has 6 bridgehead atoms. The molecule has 6 aliphatic carbocycles. The Morgan fingerprint density at radius 1 is 0.857 bits per heavy atom. The van der Waals surface area contributed by atoms with Gasteiger partial charge < -0.3 is 15.6 Å². The highest BCUT2D eigenvalue weighted by Crippen LogP contribution is 2.60. The first-order valence-electron chi connectivity index (χ1n) is 16.5. The molecule has 3 aromatic rings. The van der Waals surface area contributed by atoms with Crippen LogP contribution in [0.25, 0.3) is 22.6 Å². The van der Waals surface area contributed by atoms with Gasteiger partial charge in [-0.2, -0.15) is 0 Å². The van der Waals surface area contributed by atoms with Crippen LogP contribution in [0, 0.1) is 40.4 Å². The molecule has 6 fully saturated rings. The Bertz CT molecular complexity index is 1490. The van der Waals surface area contributed by atoms with Gasteiger partial charge in [0, 0.05) is 17.4 Å². The Morgan fingerprint density at radius 2 is 1.55 bits per heavy atom. The van der Waals surface area contributed by atoms with Crippen LogP contribution in [0.15, 0.2) is 36.5 Å². The Morgan fingerprint density at radius 3 is 2.26 bits per heavy atom. The first kappa shape index (κ1) is 26.4. The second-order valence-electron chi connectivity index (χ2n) is 14.8. The van der Waals surface area contributed by atoms with Gasteiger partial charge in [0.1, 0.15) is 11.3 Å². The maximum Gasteiger partial charge on any atom is 0.230 e. The minimum Gasteiger partial charge on any atom is -0.326 e. The van der Waals surface area contributed by atoms with Crippen LogP contribution >= 0.6 is 0 Å². The van der Waals surface area contributed by atoms with E-state index in [9.17, 15) is 9.59 Å². The van der Waals surface area contributed by atoms with Crippen molar-refractivity contribution in [2.75, 3.05) is 10.6 Å². The van der Waals surface area contributed by atoms with Crippen LogP contribution in [-0.2, 0) is 9.59 Å². The van der Waals surface area contributed by atoms with Crippen molar-refractivity contribution in [2.45, 2.75) is 90.4 Å². The van der Waals surface area contributed by atoms with Crippen molar-refractivity contribution < 1.29 is 9.59 Å². The maximum absolute atomic E-state index is 13.7. The SMILES string of the molecule is CCC1CC2CCCC(C(=O)Nc3ccc(-c4nc5c(NC(=O)C67CC8CC(CC(C8)C6)C7)ccnc5[nH]4)cc3)(C1)C2. The number of rotatable bonds is 6. The number of nitrogens with one attached hydrogen (secondary N) is 3. The largest absolute Gasteiger partial charge is 0.326 e. The van der Waals surface area contributed by atoms with Crippen LogP contribution in [0.3, 0.4) is 0 Å². The number of benzene rings is 1. The lowest BCUT2D eigenvalue weighted by atomic mass is 9.49. The number of anilines is 2. The van der Waals surface area contributed by atoms with Gasteiger partial charge in [0.2, 0.25) is 11.8 Å². The summed E-state index contributed by atoms with van der Waals surface area (Å²) in [4.78, 5) is 40.1. The molecule has 3 unspecified atom stereocenters. The topological polar surface area (TPSA) is 99.8 Å². The molecule has 3 atom stereocenters. The monoisotopic (exact) mass is 565 g/mol. The fourth-order valence-electron chi connectivity index (χ4n) is 10.4. The molecule has 7 nitrogen and oxygen atoms in total. The van der Waals surface area contributed by atoms with Gasteiger partial charge in [0.15, 0.2) is 5.65 Å². The first-order chi connectivity index (χ1) is 20.4. The van der Waals surface area contributed by atoms with E-state index in [1.807, 2.05) is 30.3 Å². The average Bonchev–Trinajstić information content (AvgIpc) is 3.42. The van der Waals surface area contributed by atoms with E-state index < -0.39 is 0 Å². The molecule has 2 heterocycles. The minimum atomic E-state index is -0.211. The number of hydrogen-bond donors (Lipinski definition) is 3. The Balaban J connectivity index is 0.989. The molecule has 3 N–H and O–H groups in total. The lowest BCUT2D eigenvalue weighted by Gasteiger charge is -2.55. The van der Waals surface area contributed by atoms with Gasteiger partial charge in [-0.1, -0.05) is 26.2 Å². The van der Waals surface area contributed by atoms with Crippen LogP contribution in [-0.4, -0.2) is 26.8 Å². The number of fused-ring (bicyclic) bond motifs is 3. The lowest BCUT2D eigenvalue weighted by molar-refractivity contribution is -0.140. The summed E-state index contributed by atoms with van der Waals surface area (Å²) >= 11 is 0. The number of nitrogens with zero attached hydrogens (tertiary/aromatic N) is 2. The molecule has 42 heavy (non-hydrogen) atoms. The summed E-state index contributed by atoms with van der Waals surface area (Å²) in [6.07, 6.45) is 16.8. The Hall–Kier alpha value is -3.22. The highest BCUT2D eigenvalue weighted by atomic mass is 16.2. The molecule has 7 heteroatoms. The normalized spacial score (nSPS) is 34.8. The van der Waals surface area contributed by atoms with Gasteiger partial charge in [0.25, 0.3) is 0 Å². The first-order valence-corrected chi connectivity index (χ1v) is 16.5. The number of aromatic amines is 1. The van der Waals surface area contributed by atoms with E-state index in [4.69, 9.17) is 4.98 Å². The third-order valence-corrected chi connectivity index (χ3v) is 11.9. The molecule has 6 aliphatic rings. The summed E-state index contributed by atoms with van der Waals surface area (Å²) in [6, 6.07) is 9.81. The number of hydrogen-bond acceptors (Lipinski definition) is 4. The molecule has 220 valence electrons. The van der Waals surface area contributed by atoms with Crippen molar-refractivity contribution >= 4 is 34.4 Å². The second kappa shape index (κ2) is 9.92. The van der Waals surface area contributed by atoms with Crippen LogP contribution in [0.2, 0.25) is 0 Å². The molecular weight excluding hydrogens is 522 g/mol. The standard InChI is InChI=1S/C35H43N5O2/c1-2-21-12-22-4-3-10-34(16-21,17-22)32(41)37-27-7-5-26(6-8-27)30-39-29-28(9-11-36-31(29)40-30)38-33(42)35-18-23-13-24(19-35)15-25(14-23)20-35/h5-9,11,21-25H,2-4,10,12-20H2,1H3,(H,37,41)(H2,36,38,39,40,42). The Kier molecular flexibility index (Phi) is 6.24. The van der Waals surface area contributed by atoms with Crippen molar-refractivity contribution in [2.24, 2.45) is 40.4 Å². The molecule has 1 aromatic carbocycles. The molecule has 6 saturated carbocycles. The molecule has 9 rings (SSSR count). The van der Waals surface area contributed by atoms with Crippen molar-refractivity contribution in [1.29, 1.82) is 0 Å². The third-order valence-electron chi connectivity index (χ3n) is 11.9. The fourth-order valence-corrected chi connectivity index (χ4v) is 10.4. The van der Waals surface area contributed by atoms with Crippen molar-refractivity contribution in [3.63, 3.8) is 0 Å². The summed E-state index contributed by atoms with van der Waals surface area (Å²) in [5, 5.41) is 6.55. The quantitative estimate of drug-likeness (QED) is 0.285. The molecule has 0 radical (unpaired) electrons. The number of amides is 2. The number of carbonyl (C=O) groups is 2. The van der Waals surface area contributed by atoms with Gasteiger partial charge >= 0.3 is 0 Å². The van der Waals surface area contributed by atoms with Gasteiger partial charge in [-0.3, -0.25) is 9.59 Å². The van der Waals surface area contributed by atoms with Crippen molar-refractivity contribution in [3.8, 4) is 11.4 Å². The summed E-state index contributed by atoms with van der Waals surface area (Å²) < 4.78 is 0. The molecule has 0 aliphatic heterocycles. The van der Waals surface area contributed by atoms with Crippen LogP contribution in [0.1, 0.15) is 90.4 Å². The maximum atomic E-state index is 13.7. The highest BCUT2D eigenvalue weighted by Gasteiger charge is 2.54. The zero-order valence-electron chi connectivity index (χ0n) is 24.8.